The van der Waals surface area contributed by atoms with E-state index in [1.54, 1.807) is 20.1 Å². The molecule has 5 heteroatoms. The van der Waals surface area contributed by atoms with Crippen LogP contribution in [0.2, 0.25) is 0 Å². The standard InChI is InChI=1S/C8H14O4S/c1-5(9)12-8(2,3)6(13-4)7(10)11/h6H,1-4H3,(H,10,11). The van der Waals surface area contributed by atoms with E-state index in [0.717, 1.165) is 11.8 Å². The third-order valence-electron chi connectivity index (χ3n) is 1.50. The van der Waals surface area contributed by atoms with E-state index in [1.165, 1.54) is 6.92 Å². The van der Waals surface area contributed by atoms with Crippen LogP contribution in [0.5, 0.6) is 0 Å². The molecule has 0 aliphatic heterocycles. The number of thioether (sulfide) groups is 1. The number of carboxylic acid groups (broad SMARTS) is 1. The van der Waals surface area contributed by atoms with Crippen LogP contribution in [-0.4, -0.2) is 34.2 Å². The fourth-order valence-electron chi connectivity index (χ4n) is 1.11. The van der Waals surface area contributed by atoms with E-state index in [2.05, 4.69) is 0 Å². The third kappa shape index (κ3) is 3.67. The molecule has 0 aromatic rings. The lowest BCUT2D eigenvalue weighted by molar-refractivity contribution is -0.157. The minimum Gasteiger partial charge on any atom is -0.480 e. The monoisotopic (exact) mass is 206 g/mol. The van der Waals surface area contributed by atoms with E-state index >= 15 is 0 Å². The highest BCUT2D eigenvalue weighted by atomic mass is 32.2. The summed E-state index contributed by atoms with van der Waals surface area (Å²) in [6.45, 7) is 4.44. The van der Waals surface area contributed by atoms with Gasteiger partial charge in [0.25, 0.3) is 0 Å². The number of hydrogen-bond acceptors (Lipinski definition) is 4. The molecule has 0 fully saturated rings. The Morgan fingerprint density at radius 3 is 2.15 bits per heavy atom. The second-order valence-electron chi connectivity index (χ2n) is 3.15. The quantitative estimate of drug-likeness (QED) is 0.699. The van der Waals surface area contributed by atoms with Gasteiger partial charge < -0.3 is 9.84 Å². The Labute approximate surface area is 81.6 Å². The Balaban J connectivity index is 4.56. The average molecular weight is 206 g/mol. The number of rotatable bonds is 4. The van der Waals surface area contributed by atoms with Crippen molar-refractivity contribution < 1.29 is 19.4 Å². The van der Waals surface area contributed by atoms with Gasteiger partial charge in [0.1, 0.15) is 10.9 Å². The predicted octanol–water partition coefficient (Wildman–Crippen LogP) is 1.14. The second-order valence-corrected chi connectivity index (χ2v) is 4.09. The molecule has 1 N–H and O–H groups in total. The summed E-state index contributed by atoms with van der Waals surface area (Å²) in [4.78, 5) is 21.4. The Kier molecular flexibility index (Phi) is 4.26. The van der Waals surface area contributed by atoms with Crippen LogP contribution in [0, 0.1) is 0 Å². The van der Waals surface area contributed by atoms with Gasteiger partial charge >= 0.3 is 11.9 Å². The maximum absolute atomic E-state index is 10.7. The molecule has 0 aromatic heterocycles. The first-order valence-corrected chi connectivity index (χ1v) is 5.05. The van der Waals surface area contributed by atoms with Gasteiger partial charge in [-0.2, -0.15) is 0 Å². The maximum atomic E-state index is 10.7. The summed E-state index contributed by atoms with van der Waals surface area (Å²) in [6.07, 6.45) is 1.67. The van der Waals surface area contributed by atoms with Gasteiger partial charge in [-0.25, -0.2) is 0 Å². The van der Waals surface area contributed by atoms with Crippen molar-refractivity contribution in [2.24, 2.45) is 0 Å². The van der Waals surface area contributed by atoms with Crippen molar-refractivity contribution in [1.29, 1.82) is 0 Å². The second kappa shape index (κ2) is 4.50. The number of hydrogen-bond donors (Lipinski definition) is 1. The molecular weight excluding hydrogens is 192 g/mol. The Morgan fingerprint density at radius 1 is 1.46 bits per heavy atom. The SMILES string of the molecule is CSC(C(=O)O)C(C)(C)OC(C)=O. The summed E-state index contributed by atoms with van der Waals surface area (Å²) in [5.74, 6) is -1.44. The number of esters is 1. The average Bonchev–Trinajstić information content (AvgIpc) is 1.82. The van der Waals surface area contributed by atoms with E-state index in [1.807, 2.05) is 0 Å². The van der Waals surface area contributed by atoms with E-state index in [0.29, 0.717) is 0 Å². The highest BCUT2D eigenvalue weighted by Crippen LogP contribution is 2.25. The van der Waals surface area contributed by atoms with Gasteiger partial charge in [-0.05, 0) is 20.1 Å². The largest absolute Gasteiger partial charge is 0.480 e. The summed E-state index contributed by atoms with van der Waals surface area (Å²) in [7, 11) is 0. The molecule has 0 heterocycles. The zero-order valence-corrected chi connectivity index (χ0v) is 8.97. The van der Waals surface area contributed by atoms with Crippen molar-refractivity contribution in [3.05, 3.63) is 0 Å². The van der Waals surface area contributed by atoms with Crippen molar-refractivity contribution in [3.8, 4) is 0 Å². The summed E-state index contributed by atoms with van der Waals surface area (Å²) in [6, 6.07) is 0. The van der Waals surface area contributed by atoms with Gasteiger partial charge in [-0.15, -0.1) is 11.8 Å². The summed E-state index contributed by atoms with van der Waals surface area (Å²) < 4.78 is 4.91. The fourth-order valence-corrected chi connectivity index (χ4v) is 1.92. The summed E-state index contributed by atoms with van der Waals surface area (Å²) in [5, 5.41) is 8.07. The van der Waals surface area contributed by atoms with Crippen LogP contribution in [0.1, 0.15) is 20.8 Å². The minimum atomic E-state index is -0.975. The molecule has 0 aliphatic rings. The number of carboxylic acids is 1. The molecule has 0 aromatic carbocycles. The van der Waals surface area contributed by atoms with Crippen molar-refractivity contribution in [2.45, 2.75) is 31.6 Å². The Hall–Kier alpha value is -0.710. The first-order valence-electron chi connectivity index (χ1n) is 3.76. The molecular formula is C8H14O4S. The third-order valence-corrected chi connectivity index (χ3v) is 2.74. The number of carbonyl (C=O) groups is 2. The highest BCUT2D eigenvalue weighted by Gasteiger charge is 2.37. The lowest BCUT2D eigenvalue weighted by Gasteiger charge is -2.29. The molecule has 0 amide bonds. The maximum Gasteiger partial charge on any atom is 0.320 e. The van der Waals surface area contributed by atoms with Crippen LogP contribution in [-0.2, 0) is 14.3 Å². The topological polar surface area (TPSA) is 63.6 Å². The van der Waals surface area contributed by atoms with E-state index < -0.39 is 22.8 Å². The van der Waals surface area contributed by atoms with E-state index in [9.17, 15) is 9.59 Å². The van der Waals surface area contributed by atoms with Gasteiger partial charge in [0.15, 0.2) is 0 Å². The first-order chi connectivity index (χ1) is 5.81. The number of carbonyl (C=O) groups excluding carboxylic acids is 1. The zero-order chi connectivity index (χ0) is 10.6. The van der Waals surface area contributed by atoms with Crippen LogP contribution < -0.4 is 0 Å². The van der Waals surface area contributed by atoms with Crippen LogP contribution in [0.4, 0.5) is 0 Å². The molecule has 0 bridgehead atoms. The first kappa shape index (κ1) is 12.3. The Bertz CT molecular complexity index is 212. The lowest BCUT2D eigenvalue weighted by Crippen LogP contribution is -2.43. The summed E-state index contributed by atoms with van der Waals surface area (Å²) >= 11 is 1.15. The normalized spacial score (nSPS) is 13.5. The predicted molar refractivity (Wildman–Crippen MR) is 50.8 cm³/mol. The highest BCUT2D eigenvalue weighted by molar-refractivity contribution is 8.00. The molecule has 0 spiro atoms. The van der Waals surface area contributed by atoms with E-state index in [-0.39, 0.29) is 0 Å². The van der Waals surface area contributed by atoms with Crippen molar-refractivity contribution in [1.82, 2.24) is 0 Å². The molecule has 1 atom stereocenters. The fraction of sp³-hybridized carbons (Fsp3) is 0.750. The van der Waals surface area contributed by atoms with Crippen LogP contribution in [0.15, 0.2) is 0 Å². The molecule has 0 saturated carbocycles. The van der Waals surface area contributed by atoms with Crippen molar-refractivity contribution in [3.63, 3.8) is 0 Å². The number of aliphatic carboxylic acids is 1. The van der Waals surface area contributed by atoms with Gasteiger partial charge in [-0.3, -0.25) is 9.59 Å². The number of ether oxygens (including phenoxy) is 1. The molecule has 0 aliphatic carbocycles. The van der Waals surface area contributed by atoms with Crippen molar-refractivity contribution >= 4 is 23.7 Å². The molecule has 76 valence electrons. The molecule has 0 rings (SSSR count). The van der Waals surface area contributed by atoms with Gasteiger partial charge in [0, 0.05) is 6.92 Å². The van der Waals surface area contributed by atoms with E-state index in [4.69, 9.17) is 9.84 Å². The van der Waals surface area contributed by atoms with Gasteiger partial charge in [-0.1, -0.05) is 0 Å². The summed E-state index contributed by atoms with van der Waals surface area (Å²) in [5.41, 5.74) is -0.975. The van der Waals surface area contributed by atoms with Crippen LogP contribution in [0.25, 0.3) is 0 Å². The van der Waals surface area contributed by atoms with Crippen LogP contribution in [0.3, 0.4) is 0 Å². The molecule has 4 nitrogen and oxygen atoms in total. The molecule has 0 radical (unpaired) electrons. The lowest BCUT2D eigenvalue weighted by atomic mass is 10.0. The zero-order valence-electron chi connectivity index (χ0n) is 8.16. The van der Waals surface area contributed by atoms with Gasteiger partial charge in [0.05, 0.1) is 0 Å². The van der Waals surface area contributed by atoms with Crippen molar-refractivity contribution in [2.75, 3.05) is 6.26 Å². The smallest absolute Gasteiger partial charge is 0.320 e. The molecule has 0 saturated heterocycles. The minimum absolute atomic E-state index is 0.467. The molecule has 13 heavy (non-hydrogen) atoms. The van der Waals surface area contributed by atoms with Crippen LogP contribution >= 0.6 is 11.8 Å². The molecule has 1 unspecified atom stereocenters. The Morgan fingerprint density at radius 2 is 1.92 bits per heavy atom. The van der Waals surface area contributed by atoms with Gasteiger partial charge in [0.2, 0.25) is 0 Å².